The van der Waals surface area contributed by atoms with E-state index < -0.39 is 5.97 Å². The molecular weight excluding hydrogens is 384 g/mol. The molecule has 0 aliphatic carbocycles. The number of phenols is 1. The molecule has 0 aliphatic heterocycles. The first-order chi connectivity index (χ1) is 14.6. The zero-order valence-corrected chi connectivity index (χ0v) is 17.6. The zero-order chi connectivity index (χ0) is 21.6. The monoisotopic (exact) mass is 416 g/mol. The van der Waals surface area contributed by atoms with Crippen molar-refractivity contribution in [2.45, 2.75) is 51.9 Å². The van der Waals surface area contributed by atoms with E-state index in [2.05, 4.69) is 6.92 Å². The van der Waals surface area contributed by atoms with Crippen LogP contribution < -0.4 is 14.2 Å². The van der Waals surface area contributed by atoms with E-state index in [4.69, 9.17) is 14.2 Å². The first-order valence-electron chi connectivity index (χ1n) is 10.6. The van der Waals surface area contributed by atoms with Crippen LogP contribution in [0.3, 0.4) is 0 Å². The van der Waals surface area contributed by atoms with Crippen LogP contribution in [0.2, 0.25) is 0 Å². The summed E-state index contributed by atoms with van der Waals surface area (Å²) in [6, 6.07) is 11.4. The molecule has 30 heavy (non-hydrogen) atoms. The van der Waals surface area contributed by atoms with Gasteiger partial charge in [0.2, 0.25) is 0 Å². The normalized spacial score (nSPS) is 10.6. The first-order valence-corrected chi connectivity index (χ1v) is 10.6. The van der Waals surface area contributed by atoms with Gasteiger partial charge in [-0.3, -0.25) is 0 Å². The molecule has 0 atom stereocenters. The van der Waals surface area contributed by atoms with Crippen molar-refractivity contribution < 1.29 is 29.2 Å². The van der Waals surface area contributed by atoms with Crippen molar-refractivity contribution in [2.75, 3.05) is 19.8 Å². The van der Waals surface area contributed by atoms with Gasteiger partial charge >= 0.3 is 5.97 Å². The van der Waals surface area contributed by atoms with Gasteiger partial charge in [0.15, 0.2) is 0 Å². The van der Waals surface area contributed by atoms with E-state index in [1.807, 2.05) is 0 Å². The van der Waals surface area contributed by atoms with E-state index in [1.165, 1.54) is 37.8 Å². The fourth-order valence-electron chi connectivity index (χ4n) is 2.95. The second-order valence-corrected chi connectivity index (χ2v) is 7.16. The van der Waals surface area contributed by atoms with E-state index in [0.29, 0.717) is 43.5 Å². The standard InChI is InChI=1S/C24H32O6/c1-2-3-4-5-6-7-12-29-22-15-19(24(26)27)16-23(18-22)30-14-9-13-28-21-11-8-10-20(25)17-21/h8,10-11,15-18,25H,2-7,9,12-14H2,1H3,(H,26,27). The van der Waals surface area contributed by atoms with E-state index in [0.717, 1.165) is 12.8 Å². The predicted octanol–water partition coefficient (Wildman–Crippen LogP) is 5.68. The van der Waals surface area contributed by atoms with Gasteiger partial charge in [-0.05, 0) is 30.7 Å². The maximum atomic E-state index is 11.4. The summed E-state index contributed by atoms with van der Waals surface area (Å²) in [4.78, 5) is 11.4. The number of rotatable bonds is 15. The summed E-state index contributed by atoms with van der Waals surface area (Å²) < 4.78 is 17.0. The van der Waals surface area contributed by atoms with Gasteiger partial charge < -0.3 is 24.4 Å². The smallest absolute Gasteiger partial charge is 0.335 e. The number of unbranched alkanes of at least 4 members (excludes halogenated alkanes) is 5. The van der Waals surface area contributed by atoms with E-state index in [-0.39, 0.29) is 11.3 Å². The van der Waals surface area contributed by atoms with Crippen LogP contribution in [0.4, 0.5) is 0 Å². The fourth-order valence-corrected chi connectivity index (χ4v) is 2.95. The molecular formula is C24H32O6. The lowest BCUT2D eigenvalue weighted by atomic mass is 10.1. The maximum Gasteiger partial charge on any atom is 0.335 e. The maximum absolute atomic E-state index is 11.4. The van der Waals surface area contributed by atoms with Crippen molar-refractivity contribution >= 4 is 5.97 Å². The Labute approximate surface area is 178 Å². The van der Waals surface area contributed by atoms with Gasteiger partial charge in [-0.1, -0.05) is 45.1 Å². The molecule has 0 saturated carbocycles. The van der Waals surface area contributed by atoms with Crippen molar-refractivity contribution in [3.63, 3.8) is 0 Å². The highest BCUT2D eigenvalue weighted by Crippen LogP contribution is 2.24. The van der Waals surface area contributed by atoms with Crippen molar-refractivity contribution in [1.82, 2.24) is 0 Å². The molecule has 0 unspecified atom stereocenters. The number of benzene rings is 2. The molecule has 164 valence electrons. The molecule has 0 fully saturated rings. The molecule has 0 saturated heterocycles. The number of carboxylic acids is 1. The molecule has 0 bridgehead atoms. The third-order valence-corrected chi connectivity index (χ3v) is 4.54. The number of aromatic carboxylic acids is 1. The lowest BCUT2D eigenvalue weighted by Crippen LogP contribution is -2.06. The number of phenolic OH excluding ortho intramolecular Hbond substituents is 1. The van der Waals surface area contributed by atoms with Gasteiger partial charge in [-0.15, -0.1) is 0 Å². The minimum atomic E-state index is -1.02. The number of hydrogen-bond donors (Lipinski definition) is 2. The highest BCUT2D eigenvalue weighted by Gasteiger charge is 2.09. The van der Waals surface area contributed by atoms with Crippen molar-refractivity contribution in [3.05, 3.63) is 48.0 Å². The van der Waals surface area contributed by atoms with Crippen LogP contribution in [-0.4, -0.2) is 36.0 Å². The van der Waals surface area contributed by atoms with Gasteiger partial charge in [0, 0.05) is 18.6 Å². The van der Waals surface area contributed by atoms with Crippen molar-refractivity contribution in [3.8, 4) is 23.0 Å². The number of carbonyl (C=O) groups is 1. The van der Waals surface area contributed by atoms with Crippen LogP contribution in [0.1, 0.15) is 62.2 Å². The van der Waals surface area contributed by atoms with Gasteiger partial charge in [0.05, 0.1) is 25.4 Å². The molecule has 0 amide bonds. The number of hydrogen-bond acceptors (Lipinski definition) is 5. The Hall–Kier alpha value is -2.89. The summed E-state index contributed by atoms with van der Waals surface area (Å²) in [5.41, 5.74) is 0.140. The van der Waals surface area contributed by atoms with Crippen LogP contribution in [-0.2, 0) is 0 Å². The summed E-state index contributed by atoms with van der Waals surface area (Å²) in [6.45, 7) is 3.55. The zero-order valence-electron chi connectivity index (χ0n) is 17.6. The Balaban J connectivity index is 1.76. The Bertz CT molecular complexity index is 774. The molecule has 0 spiro atoms. The van der Waals surface area contributed by atoms with Gasteiger partial charge in [0.25, 0.3) is 0 Å². The van der Waals surface area contributed by atoms with E-state index in [9.17, 15) is 15.0 Å². The summed E-state index contributed by atoms with van der Waals surface area (Å²) >= 11 is 0. The van der Waals surface area contributed by atoms with E-state index in [1.54, 1.807) is 30.3 Å². The minimum absolute atomic E-state index is 0.140. The number of aromatic hydroxyl groups is 1. The molecule has 6 nitrogen and oxygen atoms in total. The van der Waals surface area contributed by atoms with Gasteiger partial charge in [-0.2, -0.15) is 0 Å². The third kappa shape index (κ3) is 9.07. The van der Waals surface area contributed by atoms with Crippen LogP contribution in [0.15, 0.2) is 42.5 Å². The Morgan fingerprint density at radius 1 is 0.767 bits per heavy atom. The first kappa shape index (κ1) is 23.4. The summed E-state index contributed by atoms with van der Waals surface area (Å²) in [7, 11) is 0. The van der Waals surface area contributed by atoms with Crippen LogP contribution in [0.5, 0.6) is 23.0 Å². The summed E-state index contributed by atoms with van der Waals surface area (Å²) in [5, 5.41) is 18.8. The second-order valence-electron chi connectivity index (χ2n) is 7.16. The lowest BCUT2D eigenvalue weighted by Gasteiger charge is -2.12. The molecule has 2 rings (SSSR count). The lowest BCUT2D eigenvalue weighted by molar-refractivity contribution is 0.0695. The fraction of sp³-hybridized carbons (Fsp3) is 0.458. The van der Waals surface area contributed by atoms with Crippen molar-refractivity contribution in [1.29, 1.82) is 0 Å². The Morgan fingerprint density at radius 3 is 2.00 bits per heavy atom. The summed E-state index contributed by atoms with van der Waals surface area (Å²) in [6.07, 6.45) is 7.61. The molecule has 2 aromatic rings. The van der Waals surface area contributed by atoms with Gasteiger partial charge in [0.1, 0.15) is 23.0 Å². The molecule has 0 heterocycles. The van der Waals surface area contributed by atoms with Crippen LogP contribution >= 0.6 is 0 Å². The number of carboxylic acid groups (broad SMARTS) is 1. The molecule has 0 radical (unpaired) electrons. The highest BCUT2D eigenvalue weighted by atomic mass is 16.5. The summed E-state index contributed by atoms with van der Waals surface area (Å²) in [5.74, 6) is 0.702. The quantitative estimate of drug-likeness (QED) is 0.364. The number of ether oxygens (including phenoxy) is 3. The average Bonchev–Trinajstić information content (AvgIpc) is 2.73. The third-order valence-electron chi connectivity index (χ3n) is 4.54. The largest absolute Gasteiger partial charge is 0.508 e. The predicted molar refractivity (Wildman–Crippen MR) is 116 cm³/mol. The molecule has 2 aromatic carbocycles. The molecule has 0 aliphatic rings. The average molecular weight is 417 g/mol. The Morgan fingerprint density at radius 2 is 1.37 bits per heavy atom. The topological polar surface area (TPSA) is 85.2 Å². The SMILES string of the molecule is CCCCCCCCOc1cc(OCCCOc2cccc(O)c2)cc(C(=O)O)c1. The molecule has 0 aromatic heterocycles. The Kier molecular flexibility index (Phi) is 10.4. The highest BCUT2D eigenvalue weighted by molar-refractivity contribution is 5.88. The second kappa shape index (κ2) is 13.4. The van der Waals surface area contributed by atoms with Crippen molar-refractivity contribution in [2.24, 2.45) is 0 Å². The van der Waals surface area contributed by atoms with E-state index >= 15 is 0 Å². The molecule has 2 N–H and O–H groups in total. The minimum Gasteiger partial charge on any atom is -0.508 e. The molecule has 6 heteroatoms. The van der Waals surface area contributed by atoms with Crippen LogP contribution in [0, 0.1) is 0 Å². The van der Waals surface area contributed by atoms with Crippen LogP contribution in [0.25, 0.3) is 0 Å². The van der Waals surface area contributed by atoms with Gasteiger partial charge in [-0.25, -0.2) is 4.79 Å².